The Bertz CT molecular complexity index is 1090. The molecule has 28 heavy (non-hydrogen) atoms. The van der Waals surface area contributed by atoms with E-state index in [0.717, 1.165) is 33.4 Å². The van der Waals surface area contributed by atoms with Gasteiger partial charge in [0.1, 0.15) is 17.4 Å². The summed E-state index contributed by atoms with van der Waals surface area (Å²) in [6.45, 7) is 10.1. The van der Waals surface area contributed by atoms with Crippen molar-refractivity contribution in [1.29, 1.82) is 0 Å². The number of benzene rings is 2. The third-order valence-electron chi connectivity index (χ3n) is 6.32. The summed E-state index contributed by atoms with van der Waals surface area (Å²) in [6.07, 6.45) is 3.14. The Morgan fingerprint density at radius 2 is 2.11 bits per heavy atom. The molecule has 142 valence electrons. The highest BCUT2D eigenvalue weighted by Crippen LogP contribution is 2.50. The summed E-state index contributed by atoms with van der Waals surface area (Å²) < 4.78 is 13.7. The molecule has 1 N–H and O–H groups in total. The molecule has 0 aromatic heterocycles. The van der Waals surface area contributed by atoms with E-state index in [9.17, 15) is 5.11 Å². The molecule has 2 aromatic carbocycles. The molecule has 0 spiro atoms. The Kier molecular flexibility index (Phi) is 3.63. The summed E-state index contributed by atoms with van der Waals surface area (Å²) >= 11 is 0. The minimum Gasteiger partial charge on any atom is -0.446 e. The second-order valence-corrected chi connectivity index (χ2v) is 7.67. The van der Waals surface area contributed by atoms with Crippen molar-refractivity contribution in [3.8, 4) is 5.75 Å². The molecular weight excluding hydrogens is 352 g/mol. The molecule has 2 aliphatic heterocycles. The van der Waals surface area contributed by atoms with Gasteiger partial charge in [-0.25, -0.2) is 4.58 Å². The van der Waals surface area contributed by atoms with Crippen LogP contribution in [-0.4, -0.2) is 46.9 Å². The number of fused-ring (bicyclic) bond motifs is 5. The lowest BCUT2D eigenvalue weighted by atomic mass is 9.87. The number of aliphatic imine (C=N–C) groups is 1. The zero-order chi connectivity index (χ0) is 19.6. The van der Waals surface area contributed by atoms with Crippen LogP contribution in [0.15, 0.2) is 66.2 Å². The number of hydrogen-bond acceptors (Lipinski definition) is 4. The zero-order valence-electron chi connectivity index (χ0n) is 16.0. The number of nitrogens with zero attached hydrogens (tertiary/aromatic N) is 2. The fourth-order valence-corrected chi connectivity index (χ4v) is 4.67. The Balaban J connectivity index is 1.70. The first-order chi connectivity index (χ1) is 13.5. The predicted octanol–water partition coefficient (Wildman–Crippen LogP) is 3.23. The Hall–Kier alpha value is -2.76. The van der Waals surface area contributed by atoms with Crippen LogP contribution in [0, 0.1) is 5.92 Å². The van der Waals surface area contributed by atoms with Gasteiger partial charge < -0.3 is 14.6 Å². The zero-order valence-corrected chi connectivity index (χ0v) is 16.0. The largest absolute Gasteiger partial charge is 0.446 e. The lowest BCUT2D eigenvalue weighted by Crippen LogP contribution is -2.40. The van der Waals surface area contributed by atoms with Crippen molar-refractivity contribution in [2.45, 2.75) is 30.9 Å². The van der Waals surface area contributed by atoms with E-state index in [1.54, 1.807) is 12.4 Å². The Labute approximate surface area is 163 Å². The van der Waals surface area contributed by atoms with E-state index in [1.165, 1.54) is 7.11 Å². The van der Waals surface area contributed by atoms with Gasteiger partial charge >= 0.3 is 0 Å². The number of ether oxygens (including phenoxy) is 2. The molecule has 1 aliphatic carbocycles. The molecule has 1 saturated carbocycles. The number of methoxy groups -OCH3 is 1. The quantitative estimate of drug-likeness (QED) is 0.507. The fraction of sp³-hybridized carbons (Fsp3) is 0.304. The summed E-state index contributed by atoms with van der Waals surface area (Å²) in [5.41, 5.74) is 2.83. The lowest BCUT2D eigenvalue weighted by Gasteiger charge is -2.21. The molecule has 1 fully saturated rings. The van der Waals surface area contributed by atoms with Gasteiger partial charge in [0.15, 0.2) is 6.04 Å². The van der Waals surface area contributed by atoms with Crippen molar-refractivity contribution in [2.75, 3.05) is 7.11 Å². The molecule has 5 heteroatoms. The maximum Gasteiger partial charge on any atom is 0.293 e. The highest BCUT2D eigenvalue weighted by molar-refractivity contribution is 6.07. The van der Waals surface area contributed by atoms with Crippen molar-refractivity contribution < 1.29 is 19.2 Å². The number of aliphatic hydroxyl groups is 1. The van der Waals surface area contributed by atoms with Gasteiger partial charge in [0.2, 0.25) is 5.79 Å². The minimum absolute atomic E-state index is 0.0495. The first-order valence-corrected chi connectivity index (χ1v) is 9.47. The van der Waals surface area contributed by atoms with Gasteiger partial charge in [0.25, 0.3) is 12.6 Å². The van der Waals surface area contributed by atoms with Crippen molar-refractivity contribution in [2.24, 2.45) is 10.9 Å². The molecule has 0 saturated heterocycles. The summed E-state index contributed by atoms with van der Waals surface area (Å²) in [7, 11) is 1.53. The highest BCUT2D eigenvalue weighted by atomic mass is 16.6. The molecule has 0 amide bonds. The van der Waals surface area contributed by atoms with Gasteiger partial charge in [-0.05, 0) is 10.4 Å². The van der Waals surface area contributed by atoms with Crippen LogP contribution < -0.4 is 4.74 Å². The Morgan fingerprint density at radius 1 is 1.32 bits per heavy atom. The van der Waals surface area contributed by atoms with Gasteiger partial charge in [-0.15, -0.1) is 0 Å². The molecule has 5 rings (SSSR count). The van der Waals surface area contributed by atoms with Crippen molar-refractivity contribution in [1.82, 2.24) is 0 Å². The average Bonchev–Trinajstić information content (AvgIpc) is 3.08. The normalized spacial score (nSPS) is 32.7. The predicted molar refractivity (Wildman–Crippen MR) is 109 cm³/mol. The highest BCUT2D eigenvalue weighted by Gasteiger charge is 2.69. The van der Waals surface area contributed by atoms with E-state index in [2.05, 4.69) is 42.4 Å². The topological polar surface area (TPSA) is 54.1 Å². The van der Waals surface area contributed by atoms with Crippen LogP contribution in [-0.2, 0) is 4.74 Å². The maximum absolute atomic E-state index is 10.7. The molecule has 5 nitrogen and oxygen atoms in total. The van der Waals surface area contributed by atoms with E-state index < -0.39 is 5.79 Å². The van der Waals surface area contributed by atoms with E-state index in [1.807, 2.05) is 23.6 Å². The summed E-state index contributed by atoms with van der Waals surface area (Å²) in [6, 6.07) is 12.2. The van der Waals surface area contributed by atoms with Gasteiger partial charge in [-0.3, -0.25) is 0 Å². The van der Waals surface area contributed by atoms with E-state index in [4.69, 9.17) is 9.47 Å². The summed E-state index contributed by atoms with van der Waals surface area (Å²) in [5, 5.41) is 13.0. The molecule has 5 unspecified atom stereocenters. The molecule has 2 aromatic rings. The van der Waals surface area contributed by atoms with Crippen molar-refractivity contribution in [3.63, 3.8) is 0 Å². The molecule has 0 bridgehead atoms. The van der Waals surface area contributed by atoms with E-state index in [-0.39, 0.29) is 24.1 Å². The molecule has 5 atom stereocenters. The number of rotatable bonds is 4. The molecule has 3 aliphatic rings. The van der Waals surface area contributed by atoms with Crippen LogP contribution in [0.4, 0.5) is 0 Å². The first-order valence-electron chi connectivity index (χ1n) is 9.47. The van der Waals surface area contributed by atoms with Crippen LogP contribution in [0.1, 0.15) is 18.4 Å². The third kappa shape index (κ3) is 2.14. The lowest BCUT2D eigenvalue weighted by molar-refractivity contribution is -0.443. The second kappa shape index (κ2) is 5.87. The van der Waals surface area contributed by atoms with Crippen LogP contribution in [0.25, 0.3) is 10.8 Å². The molecular formula is C23H23N2O3+. The van der Waals surface area contributed by atoms with E-state index in [0.29, 0.717) is 0 Å². The van der Waals surface area contributed by atoms with Crippen molar-refractivity contribution in [3.05, 3.63) is 66.8 Å². The third-order valence-corrected chi connectivity index (χ3v) is 6.32. The minimum atomic E-state index is -1.20. The van der Waals surface area contributed by atoms with Crippen LogP contribution in [0.5, 0.6) is 5.75 Å². The smallest absolute Gasteiger partial charge is 0.293 e. The maximum atomic E-state index is 10.7. The van der Waals surface area contributed by atoms with Gasteiger partial charge in [-0.2, -0.15) is 0 Å². The van der Waals surface area contributed by atoms with E-state index >= 15 is 0 Å². The Morgan fingerprint density at radius 3 is 2.82 bits per heavy atom. The van der Waals surface area contributed by atoms with Crippen LogP contribution >= 0.6 is 0 Å². The standard InChI is InChI=1S/C23H23N2O3/c1-5-13(2)19-18-17-11-10-15-8-6-7-9-16(15)20(17)28-22(18)24-12-25(19)21-14(3)23(21,26)27-4/h5-12,14,18,21-22,26H,1-2H2,3-4H3/q+1. The van der Waals surface area contributed by atoms with Crippen LogP contribution in [0.3, 0.4) is 0 Å². The van der Waals surface area contributed by atoms with Crippen LogP contribution in [0.2, 0.25) is 0 Å². The van der Waals surface area contributed by atoms with Gasteiger partial charge in [0, 0.05) is 23.6 Å². The van der Waals surface area contributed by atoms with Gasteiger partial charge in [0.05, 0.1) is 5.92 Å². The fourth-order valence-electron chi connectivity index (χ4n) is 4.67. The molecule has 0 radical (unpaired) electrons. The summed E-state index contributed by atoms with van der Waals surface area (Å²) in [5.74, 6) is -0.486. The SMILES string of the molecule is C=CC(=C)C1=[N+](C2C(C)C2(O)OC)C=NC2Oc3c(ccc4ccccc34)C12. The van der Waals surface area contributed by atoms with Crippen molar-refractivity contribution >= 4 is 22.8 Å². The number of hydrogen-bond donors (Lipinski definition) is 1. The second-order valence-electron chi connectivity index (χ2n) is 7.67. The first kappa shape index (κ1) is 17.3. The van der Waals surface area contributed by atoms with Gasteiger partial charge in [-0.1, -0.05) is 62.6 Å². The summed E-state index contributed by atoms with van der Waals surface area (Å²) in [4.78, 5) is 4.67. The average molecular weight is 375 g/mol. The molecule has 2 heterocycles. The monoisotopic (exact) mass is 375 g/mol. The number of allylic oxidation sites excluding steroid dienone is 2.